The topological polar surface area (TPSA) is 112 Å². The molecule has 1 aromatic rings. The summed E-state index contributed by atoms with van der Waals surface area (Å²) in [6, 6.07) is 10.0. The van der Waals surface area contributed by atoms with Crippen LogP contribution in [0.25, 0.3) is 0 Å². The van der Waals surface area contributed by atoms with E-state index in [-0.39, 0.29) is 35.3 Å². The minimum atomic E-state index is -0.846. The molecule has 0 saturated heterocycles. The average molecular weight is 420 g/mol. The number of hydrogen-bond acceptors (Lipinski definition) is 3. The van der Waals surface area contributed by atoms with Gasteiger partial charge in [0.2, 0.25) is 0 Å². The van der Waals surface area contributed by atoms with Crippen LogP contribution in [-0.4, -0.2) is 33.2 Å². The van der Waals surface area contributed by atoms with Crippen LogP contribution in [0.4, 0.5) is 0 Å². The minimum absolute atomic E-state index is 0. The quantitative estimate of drug-likeness (QED) is 0.502. The summed E-state index contributed by atoms with van der Waals surface area (Å²) in [4.78, 5) is 28.8. The molecule has 0 aliphatic carbocycles. The van der Waals surface area contributed by atoms with Gasteiger partial charge in [0, 0.05) is 34.3 Å². The molecular weight excluding hydrogens is 395 g/mol. The first kappa shape index (κ1) is 33.0. The maximum Gasteiger partial charge on any atom is 0.311 e. The van der Waals surface area contributed by atoms with Gasteiger partial charge in [-0.1, -0.05) is 0 Å². The van der Waals surface area contributed by atoms with E-state index >= 15 is 0 Å². The monoisotopic (exact) mass is 419 g/mol. The van der Waals surface area contributed by atoms with Crippen LogP contribution in [0.15, 0.2) is 24.3 Å². The number of carboxylic acid groups (broad SMARTS) is 3. The zero-order valence-electron chi connectivity index (χ0n) is 14.2. The van der Waals surface area contributed by atoms with Crippen LogP contribution in [0.2, 0.25) is 0 Å². The minimum Gasteiger partial charge on any atom is -0.481 e. The van der Waals surface area contributed by atoms with Gasteiger partial charge in [0.25, 0.3) is 11.9 Å². The molecule has 6 nitrogen and oxygen atoms in total. The Morgan fingerprint density at radius 3 is 1.52 bits per heavy atom. The van der Waals surface area contributed by atoms with Crippen molar-refractivity contribution in [2.24, 2.45) is 0 Å². The molecule has 0 unspecified atom stereocenters. The molecule has 0 heterocycles. The second-order valence-electron chi connectivity index (χ2n) is 4.24. The summed E-state index contributed by atoms with van der Waals surface area (Å²) in [5, 5.41) is 23.7. The van der Waals surface area contributed by atoms with E-state index in [0.29, 0.717) is 5.56 Å². The number of carbonyl (C=O) groups is 3. The smallest absolute Gasteiger partial charge is 0.311 e. The maximum absolute atomic E-state index is 10.8. The third-order valence-corrected chi connectivity index (χ3v) is 1.92. The van der Waals surface area contributed by atoms with Gasteiger partial charge in [0.05, 0.1) is 5.41 Å². The van der Waals surface area contributed by atoms with E-state index in [9.17, 15) is 4.79 Å². The predicted molar refractivity (Wildman–Crippen MR) is 85.4 cm³/mol. The van der Waals surface area contributed by atoms with Crippen LogP contribution in [-0.2, 0) is 40.2 Å². The zero-order valence-corrected chi connectivity index (χ0v) is 15.7. The Balaban J connectivity index is -0.0000000844. The molecule has 0 aliphatic heterocycles. The summed E-state index contributed by atoms with van der Waals surface area (Å²) >= 11 is 0. The molecule has 7 heteroatoms. The first-order valence-electron chi connectivity index (χ1n) is 5.61. The Bertz CT molecular complexity index is 423. The normalized spacial score (nSPS) is 8.00. The average Bonchev–Trinajstić information content (AvgIpc) is 2.28. The molecule has 0 atom stereocenters. The summed E-state index contributed by atoms with van der Waals surface area (Å²) in [7, 11) is 0. The van der Waals surface area contributed by atoms with E-state index in [1.54, 1.807) is 26.0 Å². The molecular formula is C16H25O6Pd-3. The molecule has 0 fully saturated rings. The molecule has 138 valence electrons. The number of rotatable bonds is 2. The van der Waals surface area contributed by atoms with Crippen LogP contribution in [0.5, 0.6) is 0 Å². The third kappa shape index (κ3) is 20.3. The van der Waals surface area contributed by atoms with Gasteiger partial charge in [-0.05, 0) is 13.8 Å². The first-order valence-corrected chi connectivity index (χ1v) is 5.61. The standard InChI is InChI=1S/C10H11O2.2C2H4O2.2CH3.Pd/c1-10(2,9(11)12)8-6-4-3-5-7-8;2*1-2(3)4;;;/h3-6H,1-2H3,(H,11,12);2*1H3,(H,3,4);2*1H3;/q-1;;;2*-1;. The number of benzene rings is 1. The van der Waals surface area contributed by atoms with E-state index in [1.807, 2.05) is 12.1 Å². The summed E-state index contributed by atoms with van der Waals surface area (Å²) in [6.45, 7) is 5.50. The SMILES string of the molecule is CC(=O)O.CC(=O)O.CC(C)(C(=O)O)c1[c-]cccc1.[CH3-].[CH3-].[Pd]. The van der Waals surface area contributed by atoms with E-state index in [0.717, 1.165) is 13.8 Å². The first-order chi connectivity index (χ1) is 9.01. The largest absolute Gasteiger partial charge is 0.481 e. The van der Waals surface area contributed by atoms with Gasteiger partial charge in [-0.15, -0.1) is 5.56 Å². The van der Waals surface area contributed by atoms with E-state index < -0.39 is 23.3 Å². The Morgan fingerprint density at radius 2 is 1.30 bits per heavy atom. The molecule has 0 saturated carbocycles. The van der Waals surface area contributed by atoms with Gasteiger partial charge >= 0.3 is 5.97 Å². The van der Waals surface area contributed by atoms with Crippen molar-refractivity contribution in [1.29, 1.82) is 0 Å². The Morgan fingerprint density at radius 1 is 0.957 bits per heavy atom. The molecule has 1 rings (SSSR count). The molecule has 0 bridgehead atoms. The van der Waals surface area contributed by atoms with Gasteiger partial charge < -0.3 is 30.2 Å². The number of hydrogen-bond donors (Lipinski definition) is 3. The van der Waals surface area contributed by atoms with Crippen molar-refractivity contribution < 1.29 is 50.1 Å². The molecule has 0 aliphatic rings. The number of aliphatic carboxylic acids is 3. The molecule has 23 heavy (non-hydrogen) atoms. The Kier molecular flexibility index (Phi) is 23.9. The molecule has 0 aromatic heterocycles. The Hall–Kier alpha value is -1.71. The van der Waals surface area contributed by atoms with Gasteiger partial charge in [-0.25, -0.2) is 0 Å². The second-order valence-corrected chi connectivity index (χ2v) is 4.24. The number of carboxylic acids is 3. The fourth-order valence-electron chi connectivity index (χ4n) is 0.897. The third-order valence-electron chi connectivity index (χ3n) is 1.92. The van der Waals surface area contributed by atoms with E-state index in [1.165, 1.54) is 0 Å². The zero-order chi connectivity index (χ0) is 16.3. The molecule has 3 N–H and O–H groups in total. The van der Waals surface area contributed by atoms with Crippen molar-refractivity contribution in [2.75, 3.05) is 0 Å². The molecule has 0 amide bonds. The summed E-state index contributed by atoms with van der Waals surface area (Å²) in [5.41, 5.74) is -0.140. The van der Waals surface area contributed by atoms with E-state index in [2.05, 4.69) is 6.07 Å². The van der Waals surface area contributed by atoms with Gasteiger partial charge in [0.1, 0.15) is 0 Å². The van der Waals surface area contributed by atoms with Crippen LogP contribution < -0.4 is 0 Å². The van der Waals surface area contributed by atoms with Crippen molar-refractivity contribution in [3.05, 3.63) is 50.7 Å². The van der Waals surface area contributed by atoms with Crippen LogP contribution in [0, 0.1) is 20.9 Å². The van der Waals surface area contributed by atoms with Crippen LogP contribution in [0.3, 0.4) is 0 Å². The van der Waals surface area contributed by atoms with Gasteiger partial charge in [-0.3, -0.25) is 14.4 Å². The fraction of sp³-hybridized carbons (Fsp3) is 0.312. The van der Waals surface area contributed by atoms with Crippen molar-refractivity contribution in [3.8, 4) is 0 Å². The maximum atomic E-state index is 10.8. The van der Waals surface area contributed by atoms with E-state index in [4.69, 9.17) is 24.9 Å². The van der Waals surface area contributed by atoms with Crippen molar-refractivity contribution >= 4 is 17.9 Å². The Labute approximate surface area is 152 Å². The molecule has 0 spiro atoms. The fourth-order valence-corrected chi connectivity index (χ4v) is 0.897. The van der Waals surface area contributed by atoms with Gasteiger partial charge in [0.15, 0.2) is 0 Å². The van der Waals surface area contributed by atoms with Crippen molar-refractivity contribution in [1.82, 2.24) is 0 Å². The van der Waals surface area contributed by atoms with Crippen molar-refractivity contribution in [3.63, 3.8) is 0 Å². The molecule has 0 radical (unpaired) electrons. The van der Waals surface area contributed by atoms with Crippen molar-refractivity contribution in [2.45, 2.75) is 33.1 Å². The van der Waals surface area contributed by atoms with Crippen LogP contribution in [0.1, 0.15) is 33.3 Å². The van der Waals surface area contributed by atoms with Crippen LogP contribution >= 0.6 is 0 Å². The summed E-state index contributed by atoms with van der Waals surface area (Å²) in [5.74, 6) is -2.50. The summed E-state index contributed by atoms with van der Waals surface area (Å²) < 4.78 is 0. The predicted octanol–water partition coefficient (Wildman–Crippen LogP) is 2.93. The molecule has 1 aromatic carbocycles. The second kappa shape index (κ2) is 16.7. The van der Waals surface area contributed by atoms with Gasteiger partial charge in [-0.2, -0.15) is 30.3 Å². The summed E-state index contributed by atoms with van der Waals surface area (Å²) in [6.07, 6.45) is 0.